The molecule has 27 nitrogen and oxygen atoms in total. The van der Waals surface area contributed by atoms with Gasteiger partial charge in [0.1, 0.15) is 42.1 Å². The van der Waals surface area contributed by atoms with Crippen molar-refractivity contribution in [1.29, 1.82) is 0 Å². The summed E-state index contributed by atoms with van der Waals surface area (Å²) in [6.07, 6.45) is -6.30. The minimum Gasteiger partial charge on any atom is -0.387 e. The summed E-state index contributed by atoms with van der Waals surface area (Å²) in [6, 6.07) is 0. The smallest absolute Gasteiger partial charge is 0.387 e. The number of aliphatic hydroxyl groups is 4. The third-order valence-corrected chi connectivity index (χ3v) is 17.0. The Morgan fingerprint density at radius 3 is 1.71 bits per heavy atom. The molecule has 12 atom stereocenters. The molecule has 62 heavy (non-hydrogen) atoms. The average Bonchev–Trinajstić information content (AvgIpc) is 3.89. The third-order valence-electron chi connectivity index (χ3n) is 8.08. The van der Waals surface area contributed by atoms with Gasteiger partial charge in [0.2, 0.25) is 0 Å². The zero-order valence-electron chi connectivity index (χ0n) is 33.5. The summed E-state index contributed by atoms with van der Waals surface area (Å²) in [6.45, 7) is -11.7. The Kier molecular flexibility index (Phi) is 24.0. The van der Waals surface area contributed by atoms with Crippen LogP contribution < -0.4 is 129 Å². The number of anilines is 2. The van der Waals surface area contributed by atoms with Crippen molar-refractivity contribution < 1.29 is 198 Å². The SMILES string of the molecule is CNc1nc(SC)nc2c1ncn2[C@@H]1O[C@H](COP(O)(=S)OP(=O)(O)OP(=O)(O)OP(=O)(S)OC[C@H]2O[C@@H](n3cnc4c(N)nc(SC)nc43)[C@H](O)[C@@H]2O)[C@@H](O)[C@H]1O.[Na+].[Na+].[Na+].[Na+]. The normalized spacial score (nSPS) is 27.4. The van der Waals surface area contributed by atoms with Crippen molar-refractivity contribution in [2.75, 3.05) is 43.8 Å². The van der Waals surface area contributed by atoms with E-state index in [2.05, 4.69) is 60.4 Å². The third kappa shape index (κ3) is 14.3. The van der Waals surface area contributed by atoms with Gasteiger partial charge in [0.25, 0.3) is 0 Å². The summed E-state index contributed by atoms with van der Waals surface area (Å²) in [4.78, 5) is 56.1. The molecular formula is C23H34N10Na4O17P4S4+4. The van der Waals surface area contributed by atoms with Crippen LogP contribution in [-0.4, -0.2) is 144 Å². The van der Waals surface area contributed by atoms with Crippen LogP contribution in [0.1, 0.15) is 12.5 Å². The molecule has 0 aliphatic carbocycles. The number of thiol groups is 1. The number of thioether (sulfide) groups is 2. The predicted molar refractivity (Wildman–Crippen MR) is 208 cm³/mol. The molecule has 2 aliphatic rings. The van der Waals surface area contributed by atoms with Crippen LogP contribution in [0.25, 0.3) is 22.3 Å². The van der Waals surface area contributed by atoms with Gasteiger partial charge in [-0.25, -0.2) is 47.9 Å². The number of aliphatic hydroxyl groups excluding tert-OH is 4. The second kappa shape index (κ2) is 24.6. The molecule has 0 bridgehead atoms. The summed E-state index contributed by atoms with van der Waals surface area (Å²) in [5.74, 6) is 0.409. The zero-order chi connectivity index (χ0) is 42.5. The number of hydrogen-bond donors (Lipinski definition) is 10. The predicted octanol–water partition coefficient (Wildman–Crippen LogP) is -11.5. The van der Waals surface area contributed by atoms with Gasteiger partial charge in [0, 0.05) is 7.05 Å². The van der Waals surface area contributed by atoms with Crippen LogP contribution in [0.5, 0.6) is 0 Å². The molecule has 6 heterocycles. The number of aromatic nitrogens is 8. The van der Waals surface area contributed by atoms with Crippen molar-refractivity contribution in [1.82, 2.24) is 39.0 Å². The van der Waals surface area contributed by atoms with E-state index in [1.807, 2.05) is 0 Å². The van der Waals surface area contributed by atoms with E-state index in [0.29, 0.717) is 16.5 Å². The molecule has 10 N–H and O–H groups in total. The van der Waals surface area contributed by atoms with E-state index in [1.54, 1.807) is 19.6 Å². The molecule has 2 saturated heterocycles. The van der Waals surface area contributed by atoms with Crippen molar-refractivity contribution in [2.24, 2.45) is 0 Å². The molecule has 0 amide bonds. The first kappa shape index (κ1) is 60.7. The van der Waals surface area contributed by atoms with E-state index in [4.69, 9.17) is 36.1 Å². The first-order valence-corrected chi connectivity index (χ1v) is 26.6. The van der Waals surface area contributed by atoms with Crippen molar-refractivity contribution in [3.8, 4) is 0 Å². The number of hydrogen-bond acceptors (Lipinski definition) is 25. The molecule has 0 saturated carbocycles. The first-order valence-electron chi connectivity index (χ1n) is 15.9. The molecule has 4 aromatic heterocycles. The molecule has 0 spiro atoms. The fourth-order valence-corrected chi connectivity index (χ4v) is 13.2. The minimum atomic E-state index is -5.94. The summed E-state index contributed by atoms with van der Waals surface area (Å²) >= 11 is 10.7. The van der Waals surface area contributed by atoms with Crippen LogP contribution in [0.3, 0.4) is 0 Å². The molecule has 2 aliphatic heterocycles. The molecule has 39 heteroatoms. The number of nitrogen functional groups attached to an aromatic ring is 1. The van der Waals surface area contributed by atoms with Crippen LogP contribution in [-0.2, 0) is 57.0 Å². The maximum atomic E-state index is 12.9. The van der Waals surface area contributed by atoms with Crippen molar-refractivity contribution in [3.05, 3.63) is 12.7 Å². The fraction of sp³-hybridized carbons (Fsp3) is 0.565. The number of phosphoric acid groups is 2. The maximum absolute atomic E-state index is 12.9. The number of rotatable bonds is 17. The number of fused-ring (bicyclic) bond motifs is 2. The van der Waals surface area contributed by atoms with Gasteiger partial charge in [-0.05, 0) is 24.3 Å². The Labute approximate surface area is 458 Å². The number of nitrogens with two attached hydrogens (primary N) is 1. The van der Waals surface area contributed by atoms with E-state index in [9.17, 15) is 48.8 Å². The number of nitrogens with zero attached hydrogens (tertiary/aromatic N) is 8. The van der Waals surface area contributed by atoms with E-state index >= 15 is 0 Å². The van der Waals surface area contributed by atoms with Gasteiger partial charge < -0.3 is 60.2 Å². The first-order chi connectivity index (χ1) is 27.1. The minimum absolute atomic E-state index is 0. The Balaban J connectivity index is 0.00000331. The second-order valence-electron chi connectivity index (χ2n) is 11.9. The molecule has 0 radical (unpaired) electrons. The molecular weight excluding hydrogens is 1030 g/mol. The molecule has 2 fully saturated rings. The zero-order valence-corrected chi connectivity index (χ0v) is 48.4. The number of imidazole rings is 2. The molecule has 4 aromatic rings. The van der Waals surface area contributed by atoms with Gasteiger partial charge in [0.05, 0.1) is 25.9 Å². The van der Waals surface area contributed by atoms with Crippen molar-refractivity contribution in [2.45, 2.75) is 59.4 Å². The summed E-state index contributed by atoms with van der Waals surface area (Å²) in [7, 11) is -10.2. The average molecular weight is 1070 g/mol. The topological polar surface area (TPSA) is 383 Å². The summed E-state index contributed by atoms with van der Waals surface area (Å²) < 4.78 is 74.8. The second-order valence-corrected chi connectivity index (χ2v) is 22.5. The molecule has 0 aromatic carbocycles. The monoisotopic (exact) mass is 1070 g/mol. The van der Waals surface area contributed by atoms with Gasteiger partial charge in [-0.3, -0.25) is 13.7 Å². The van der Waals surface area contributed by atoms with Gasteiger partial charge in [-0.15, -0.1) is 0 Å². The fourth-order valence-electron chi connectivity index (χ4n) is 5.54. The van der Waals surface area contributed by atoms with Gasteiger partial charge >= 0.3 is 147 Å². The van der Waals surface area contributed by atoms with Crippen molar-refractivity contribution in [3.63, 3.8) is 0 Å². The number of nitrogens with one attached hydrogen (secondary N) is 1. The van der Waals surface area contributed by atoms with E-state index in [-0.39, 0.29) is 146 Å². The Morgan fingerprint density at radius 2 is 1.21 bits per heavy atom. The van der Waals surface area contributed by atoms with E-state index < -0.39 is 91.5 Å². The van der Waals surface area contributed by atoms with Gasteiger partial charge in [-0.2, -0.15) is 8.62 Å². The largest absolute Gasteiger partial charge is 1.00 e. The molecule has 6 rings (SSSR count). The standard InChI is InChI=1S/C23H34N10O17P4S4.4Na/c1-25-17-11-19(31-23(29-17)58-3)33(7-27-11)21-15(37)13(35)9(47-21)5-45-54(43,56)50-52(40,41)48-51(38,39)49-53(42,55)44-4-8-12(34)14(36)20(46-8)32-6-26-10-16(24)28-22(57-2)30-18(10)32;;;;/h6-9,12-15,20-21,34-37H,4-5H2,1-3H3,(H,38,39)(H,40,41)(H,42,55)(H,43,56)(H2,24,28,30)(H,25,29,31);;;;/q;4*+1/t8-,9-,12-,13-,14-,15-,20-,21-,53?,54?;;;;/m1..../s1. The molecule has 4 unspecified atom stereocenters. The van der Waals surface area contributed by atoms with Crippen LogP contribution in [0.15, 0.2) is 23.0 Å². The van der Waals surface area contributed by atoms with Crippen LogP contribution in [0.4, 0.5) is 11.6 Å². The van der Waals surface area contributed by atoms with Crippen LogP contribution >= 0.6 is 64.9 Å². The molecule has 322 valence electrons. The van der Waals surface area contributed by atoms with Crippen LogP contribution in [0, 0.1) is 0 Å². The van der Waals surface area contributed by atoms with E-state index in [1.165, 1.54) is 45.3 Å². The summed E-state index contributed by atoms with van der Waals surface area (Å²) in [5.41, 5.74) is 6.79. The maximum Gasteiger partial charge on any atom is 1.00 e. The van der Waals surface area contributed by atoms with Crippen molar-refractivity contribution >= 4 is 111 Å². The van der Waals surface area contributed by atoms with E-state index in [0.717, 1.165) is 0 Å². The Morgan fingerprint density at radius 1 is 0.758 bits per heavy atom. The quantitative estimate of drug-likeness (QED) is 0.0154. The summed E-state index contributed by atoms with van der Waals surface area (Å²) in [5, 5.41) is 46.2. The van der Waals surface area contributed by atoms with Crippen LogP contribution in [0.2, 0.25) is 0 Å². The van der Waals surface area contributed by atoms with Gasteiger partial charge in [-0.1, -0.05) is 35.8 Å². The number of ether oxygens (including phenoxy) is 2. The Bertz CT molecular complexity index is 2390. The van der Waals surface area contributed by atoms with Gasteiger partial charge in [0.15, 0.2) is 51.2 Å². The Hall–Kier alpha value is 2.53.